The van der Waals surface area contributed by atoms with Crippen molar-refractivity contribution in [3.8, 4) is 23.0 Å². The zero-order chi connectivity index (χ0) is 34.2. The van der Waals surface area contributed by atoms with Crippen molar-refractivity contribution in [2.24, 2.45) is 15.4 Å². The Morgan fingerprint density at radius 2 is 0.978 bits per heavy atom. The van der Waals surface area contributed by atoms with Crippen molar-refractivity contribution in [2.45, 2.75) is 27.7 Å². The number of ether oxygens (including phenoxy) is 2. The van der Waals surface area contributed by atoms with Gasteiger partial charge in [0.2, 0.25) is 0 Å². The van der Waals surface area contributed by atoms with E-state index in [1.165, 1.54) is 28.1 Å². The normalized spacial score (nSPS) is 9.17. The predicted octanol–water partition coefficient (Wildman–Crippen LogP) is 2.17. The van der Waals surface area contributed by atoms with Crippen molar-refractivity contribution in [3.05, 3.63) is 93.5 Å². The Hall–Kier alpha value is -3.95. The molecular weight excluding hydrogens is 814 g/mol. The minimum atomic E-state index is -1.75. The van der Waals surface area contributed by atoms with E-state index < -0.39 is 15.3 Å². The van der Waals surface area contributed by atoms with Gasteiger partial charge in [0.1, 0.15) is 17.3 Å². The van der Waals surface area contributed by atoms with Gasteiger partial charge in [-0.2, -0.15) is 0 Å². The summed E-state index contributed by atoms with van der Waals surface area (Å²) in [5.41, 5.74) is 0.749. The van der Waals surface area contributed by atoms with Gasteiger partial charge in [-0.05, 0) is 37.1 Å². The van der Waals surface area contributed by atoms with Gasteiger partial charge in [-0.3, -0.25) is 9.98 Å². The SMILES string of the molecule is CC(C)=O.COc1cccc(C=NCC(C)(C)CN=Cc2cccc(OC)c2[O-])c1[O-].O=[N+]([O-])[O-].O=[N+]([O-])[O-].O=[N+]([O-])[O-].[Ho+3].[O-2].[V+4]. The molecule has 0 aliphatic heterocycles. The molecule has 22 heteroatoms. The fourth-order valence-corrected chi connectivity index (χ4v) is 2.42. The van der Waals surface area contributed by atoms with Crippen LogP contribution in [-0.2, 0) is 28.8 Å². The molecule has 0 aliphatic rings. The molecule has 0 amide bonds. The molecule has 2 rings (SSSR count). The Balaban J connectivity index is -0.000000176. The number of ketones is 1. The van der Waals surface area contributed by atoms with E-state index in [0.29, 0.717) is 35.7 Å². The molecule has 0 fully saturated rings. The molecule has 0 spiro atoms. The molecule has 257 valence electrons. The number of para-hydroxylation sites is 2. The summed E-state index contributed by atoms with van der Waals surface area (Å²) < 4.78 is 10.1. The van der Waals surface area contributed by atoms with E-state index in [1.807, 2.05) is 13.8 Å². The largest absolute Gasteiger partial charge is 4.00 e. The second kappa shape index (κ2) is 31.1. The third-order valence-corrected chi connectivity index (χ3v) is 3.96. The van der Waals surface area contributed by atoms with Crippen LogP contribution in [-0.4, -0.2) is 60.8 Å². The molecule has 0 atom stereocenters. The van der Waals surface area contributed by atoms with Crippen molar-refractivity contribution in [3.63, 3.8) is 0 Å². The van der Waals surface area contributed by atoms with Gasteiger partial charge in [-0.1, -0.05) is 49.6 Å². The number of carbonyl (C=O) groups is 1. The number of hydrogen-bond acceptors (Lipinski definition) is 16. The van der Waals surface area contributed by atoms with Gasteiger partial charge in [0.05, 0.1) is 29.5 Å². The Kier molecular flexibility index (Phi) is 36.8. The Morgan fingerprint density at radius 1 is 0.739 bits per heavy atom. The standard InChI is InChI=1S/C21H26N2O4.C3H6O.Ho.3NO3.O.V/c1-21(2,13-22-11-15-7-5-9-17(26-3)19(15)24)14-23-12-16-8-6-10-18(27-4)20(16)25;1-3(2)4;;3*2-1(3)4;;/h5-12,24-25H,13-14H2,1-4H3;1-2H3;;;;;;/q;;+3;3*-1;-2;+4/p-2. The average molecular weight is 844 g/mol. The molecule has 2 aromatic carbocycles. The number of methoxy groups -OCH3 is 2. The van der Waals surface area contributed by atoms with E-state index >= 15 is 0 Å². The molecule has 20 nitrogen and oxygen atoms in total. The summed E-state index contributed by atoms with van der Waals surface area (Å²) >= 11 is 0. The van der Waals surface area contributed by atoms with Gasteiger partial charge in [0.15, 0.2) is 0 Å². The number of aliphatic imine (C=N–C) groups is 2. The summed E-state index contributed by atoms with van der Waals surface area (Å²) in [6, 6.07) is 10.2. The summed E-state index contributed by atoms with van der Waals surface area (Å²) in [5, 5.41) is 68.4. The minimum absolute atomic E-state index is 0. The fraction of sp³-hybridized carbons (Fsp3) is 0.375. The van der Waals surface area contributed by atoms with Gasteiger partial charge >= 0.3 is 56.3 Å². The summed E-state index contributed by atoms with van der Waals surface area (Å²) in [6.45, 7) is 8.08. The smallest absolute Gasteiger partial charge is 2.00 e. The molecule has 0 saturated carbocycles. The molecule has 0 heterocycles. The van der Waals surface area contributed by atoms with Crippen LogP contribution in [0.2, 0.25) is 0 Å². The number of Topliss-reactive ketones (excluding diaryl/α,β-unsaturated/α-hetero) is 1. The Labute approximate surface area is 304 Å². The number of nitrogens with zero attached hydrogens (tertiary/aromatic N) is 5. The monoisotopic (exact) mass is 844 g/mol. The van der Waals surface area contributed by atoms with Crippen LogP contribution in [0, 0.1) is 89.1 Å². The predicted molar refractivity (Wildman–Crippen MR) is 152 cm³/mol. The number of carbonyl (C=O) groups excluding carboxylic acids is 1. The molecule has 1 radical (unpaired) electrons. The fourth-order valence-electron chi connectivity index (χ4n) is 2.42. The first-order valence-corrected chi connectivity index (χ1v) is 11.4. The van der Waals surface area contributed by atoms with E-state index in [1.54, 1.807) is 48.8 Å². The Bertz CT molecular complexity index is 1100. The van der Waals surface area contributed by atoms with Crippen LogP contribution in [0.15, 0.2) is 46.4 Å². The second-order valence-electron chi connectivity index (χ2n) is 8.44. The average Bonchev–Trinajstić information content (AvgIpc) is 2.84. The molecule has 0 aromatic heterocycles. The van der Waals surface area contributed by atoms with Gasteiger partial charge in [0.25, 0.3) is 0 Å². The quantitative estimate of drug-likeness (QED) is 0.159. The van der Waals surface area contributed by atoms with Crippen molar-refractivity contribution in [1.29, 1.82) is 0 Å². The summed E-state index contributed by atoms with van der Waals surface area (Å²) in [7, 11) is 2.93. The maximum atomic E-state index is 12.1. The second-order valence-corrected chi connectivity index (χ2v) is 8.44. The van der Waals surface area contributed by atoms with Crippen molar-refractivity contribution in [1.82, 2.24) is 0 Å². The van der Waals surface area contributed by atoms with Gasteiger partial charge in [0, 0.05) is 30.9 Å². The first-order valence-electron chi connectivity index (χ1n) is 11.4. The van der Waals surface area contributed by atoms with Crippen molar-refractivity contribution >= 4 is 18.2 Å². The van der Waals surface area contributed by atoms with Crippen LogP contribution in [0.1, 0.15) is 38.8 Å². The zero-order valence-corrected chi connectivity index (χ0v) is 28.5. The molecule has 0 unspecified atom stereocenters. The van der Waals surface area contributed by atoms with E-state index in [-0.39, 0.29) is 84.5 Å². The van der Waals surface area contributed by atoms with Crippen LogP contribution < -0.4 is 19.7 Å². The van der Waals surface area contributed by atoms with Gasteiger partial charge < -0.3 is 75.9 Å². The number of rotatable bonds is 8. The van der Waals surface area contributed by atoms with E-state index in [2.05, 4.69) is 9.98 Å². The maximum Gasteiger partial charge on any atom is 4.00 e. The number of benzene rings is 2. The molecule has 46 heavy (non-hydrogen) atoms. The Morgan fingerprint density at radius 3 is 1.20 bits per heavy atom. The first kappa shape index (κ1) is 54.5. The van der Waals surface area contributed by atoms with Crippen LogP contribution in [0.3, 0.4) is 0 Å². The molecule has 0 aliphatic carbocycles. The first-order chi connectivity index (χ1) is 19.8. The summed E-state index contributed by atoms with van der Waals surface area (Å²) in [6.07, 6.45) is 3.13. The summed E-state index contributed by atoms with van der Waals surface area (Å²) in [5.74, 6) is 0.408. The molecule has 0 bridgehead atoms. The van der Waals surface area contributed by atoms with Crippen LogP contribution in [0.5, 0.6) is 23.0 Å². The third-order valence-electron chi connectivity index (χ3n) is 3.96. The molecular formula is C24H30HoN5O15V. The number of hydrogen-bond donors (Lipinski definition) is 0. The summed E-state index contributed by atoms with van der Waals surface area (Å²) in [4.78, 5) is 43.0. The van der Waals surface area contributed by atoms with Crippen LogP contribution in [0.25, 0.3) is 0 Å². The zero-order valence-electron chi connectivity index (χ0n) is 25.1. The van der Waals surface area contributed by atoms with Gasteiger partial charge in [-0.15, -0.1) is 0 Å². The van der Waals surface area contributed by atoms with Crippen molar-refractivity contribution in [2.75, 3.05) is 27.3 Å². The third kappa shape index (κ3) is 34.5. The van der Waals surface area contributed by atoms with E-state index in [0.717, 1.165) is 0 Å². The molecule has 0 N–H and O–H groups in total. The maximum absolute atomic E-state index is 12.1. The minimum Gasteiger partial charge on any atom is -2.00 e. The molecule has 0 saturated heterocycles. The van der Waals surface area contributed by atoms with E-state index in [9.17, 15) is 15.0 Å². The van der Waals surface area contributed by atoms with Crippen LogP contribution >= 0.6 is 0 Å². The van der Waals surface area contributed by atoms with Gasteiger partial charge in [-0.25, -0.2) is 0 Å². The van der Waals surface area contributed by atoms with Crippen molar-refractivity contribution < 1.29 is 102 Å². The molecule has 2 aromatic rings. The topological polar surface area (TPSA) is 333 Å². The van der Waals surface area contributed by atoms with Crippen LogP contribution in [0.4, 0.5) is 0 Å². The van der Waals surface area contributed by atoms with E-state index in [4.69, 9.17) is 55.4 Å².